The first kappa shape index (κ1) is 13.7. The normalized spacial score (nSPS) is 12.0. The van der Waals surface area contributed by atoms with Gasteiger partial charge in [-0.25, -0.2) is 4.98 Å². The second-order valence-corrected chi connectivity index (χ2v) is 6.50. The fourth-order valence-corrected chi connectivity index (χ4v) is 2.81. The van der Waals surface area contributed by atoms with Crippen LogP contribution in [0.3, 0.4) is 0 Å². The first-order valence-electron chi connectivity index (χ1n) is 7.20. The summed E-state index contributed by atoms with van der Waals surface area (Å²) in [5.74, 6) is 1.72. The van der Waals surface area contributed by atoms with Gasteiger partial charge in [-0.2, -0.15) is 0 Å². The molecule has 0 amide bonds. The van der Waals surface area contributed by atoms with Gasteiger partial charge in [0.15, 0.2) is 0 Å². The summed E-state index contributed by atoms with van der Waals surface area (Å²) in [4.78, 5) is 4.84. The number of rotatable bonds is 1. The standard InChI is InChI=1S/C18H21N3/c1-18(2,3)17-20-15(16(19)21(17)4)14-11-7-9-12-8-5-6-10-13(12)14/h5-11H,19H2,1-4H3. The zero-order chi connectivity index (χ0) is 15.2. The lowest BCUT2D eigenvalue weighted by atomic mass is 9.96. The second-order valence-electron chi connectivity index (χ2n) is 6.50. The molecule has 0 saturated heterocycles. The van der Waals surface area contributed by atoms with E-state index in [9.17, 15) is 0 Å². The molecule has 1 heterocycles. The highest BCUT2D eigenvalue weighted by molar-refractivity contribution is 5.97. The SMILES string of the molecule is Cn1c(C(C)(C)C)nc(-c2cccc3ccccc23)c1N. The molecule has 2 aromatic carbocycles. The Balaban J connectivity index is 2.29. The van der Waals surface area contributed by atoms with Gasteiger partial charge in [-0.1, -0.05) is 63.2 Å². The van der Waals surface area contributed by atoms with Crippen molar-refractivity contribution in [2.75, 3.05) is 5.73 Å². The van der Waals surface area contributed by atoms with Crippen molar-refractivity contribution >= 4 is 16.6 Å². The molecule has 0 saturated carbocycles. The van der Waals surface area contributed by atoms with Crippen LogP contribution in [-0.2, 0) is 12.5 Å². The fraction of sp³-hybridized carbons (Fsp3) is 0.278. The molecule has 0 aliphatic rings. The minimum absolute atomic E-state index is 0.0360. The Morgan fingerprint density at radius 2 is 1.67 bits per heavy atom. The largest absolute Gasteiger partial charge is 0.383 e. The lowest BCUT2D eigenvalue weighted by Crippen LogP contribution is -2.17. The quantitative estimate of drug-likeness (QED) is 0.728. The molecule has 0 bridgehead atoms. The summed E-state index contributed by atoms with van der Waals surface area (Å²) in [5, 5.41) is 2.39. The van der Waals surface area contributed by atoms with Crippen LogP contribution in [0.2, 0.25) is 0 Å². The molecule has 3 aromatic rings. The maximum Gasteiger partial charge on any atom is 0.131 e. The van der Waals surface area contributed by atoms with E-state index in [2.05, 4.69) is 63.2 Å². The third kappa shape index (κ3) is 2.19. The van der Waals surface area contributed by atoms with E-state index in [0.29, 0.717) is 0 Å². The number of imidazole rings is 1. The van der Waals surface area contributed by atoms with Crippen LogP contribution < -0.4 is 5.73 Å². The number of fused-ring (bicyclic) bond motifs is 1. The molecule has 1 aromatic heterocycles. The molecule has 108 valence electrons. The Bertz CT molecular complexity index is 802. The van der Waals surface area contributed by atoms with Crippen molar-refractivity contribution in [3.8, 4) is 11.3 Å². The summed E-state index contributed by atoms with van der Waals surface area (Å²) in [5.41, 5.74) is 8.26. The van der Waals surface area contributed by atoms with Crippen molar-refractivity contribution in [1.29, 1.82) is 0 Å². The Hall–Kier alpha value is -2.29. The van der Waals surface area contributed by atoms with Crippen LogP contribution in [0, 0.1) is 0 Å². The molecule has 0 aliphatic heterocycles. The van der Waals surface area contributed by atoms with E-state index in [1.807, 2.05) is 11.6 Å². The van der Waals surface area contributed by atoms with Gasteiger partial charge in [-0.3, -0.25) is 0 Å². The molecule has 2 N–H and O–H groups in total. The van der Waals surface area contributed by atoms with E-state index in [0.717, 1.165) is 22.9 Å². The molecule has 3 nitrogen and oxygen atoms in total. The van der Waals surface area contributed by atoms with Crippen molar-refractivity contribution in [2.45, 2.75) is 26.2 Å². The number of hydrogen-bond acceptors (Lipinski definition) is 2. The first-order chi connectivity index (χ1) is 9.89. The highest BCUT2D eigenvalue weighted by Gasteiger charge is 2.24. The monoisotopic (exact) mass is 279 g/mol. The minimum atomic E-state index is -0.0360. The van der Waals surface area contributed by atoms with E-state index in [-0.39, 0.29) is 5.41 Å². The van der Waals surface area contributed by atoms with Crippen LogP contribution in [-0.4, -0.2) is 9.55 Å². The summed E-state index contributed by atoms with van der Waals surface area (Å²) < 4.78 is 2.00. The lowest BCUT2D eigenvalue weighted by molar-refractivity contribution is 0.524. The summed E-state index contributed by atoms with van der Waals surface area (Å²) in [6.45, 7) is 6.46. The number of nitrogens with zero attached hydrogens (tertiary/aromatic N) is 2. The predicted octanol–water partition coefficient (Wildman–Crippen LogP) is 4.12. The van der Waals surface area contributed by atoms with E-state index in [4.69, 9.17) is 10.7 Å². The Morgan fingerprint density at radius 1 is 1.00 bits per heavy atom. The number of nitrogens with two attached hydrogens (primary N) is 1. The maximum atomic E-state index is 6.32. The van der Waals surface area contributed by atoms with Gasteiger partial charge in [0.2, 0.25) is 0 Å². The zero-order valence-corrected chi connectivity index (χ0v) is 13.0. The smallest absolute Gasteiger partial charge is 0.131 e. The van der Waals surface area contributed by atoms with E-state index in [1.165, 1.54) is 10.8 Å². The number of nitrogen functional groups attached to an aromatic ring is 1. The Morgan fingerprint density at radius 3 is 2.33 bits per heavy atom. The molecule has 21 heavy (non-hydrogen) atoms. The Kier molecular flexibility index (Phi) is 3.01. The van der Waals surface area contributed by atoms with Gasteiger partial charge in [-0.15, -0.1) is 0 Å². The van der Waals surface area contributed by atoms with Gasteiger partial charge in [0, 0.05) is 18.0 Å². The average molecular weight is 279 g/mol. The molecule has 0 fully saturated rings. The van der Waals surface area contributed by atoms with Gasteiger partial charge < -0.3 is 10.3 Å². The lowest BCUT2D eigenvalue weighted by Gasteiger charge is -2.17. The van der Waals surface area contributed by atoms with E-state index in [1.54, 1.807) is 0 Å². The molecule has 0 spiro atoms. The fourth-order valence-electron chi connectivity index (χ4n) is 2.81. The highest BCUT2D eigenvalue weighted by Crippen LogP contribution is 2.34. The summed E-state index contributed by atoms with van der Waals surface area (Å²) in [6, 6.07) is 14.6. The third-order valence-corrected chi connectivity index (χ3v) is 3.85. The van der Waals surface area contributed by atoms with Crippen molar-refractivity contribution in [2.24, 2.45) is 7.05 Å². The van der Waals surface area contributed by atoms with Crippen LogP contribution in [0.5, 0.6) is 0 Å². The van der Waals surface area contributed by atoms with Crippen LogP contribution in [0.15, 0.2) is 42.5 Å². The molecule has 0 atom stereocenters. The molecular formula is C18H21N3. The molecule has 0 radical (unpaired) electrons. The van der Waals surface area contributed by atoms with Crippen molar-refractivity contribution in [1.82, 2.24) is 9.55 Å². The number of hydrogen-bond donors (Lipinski definition) is 1. The minimum Gasteiger partial charge on any atom is -0.383 e. The summed E-state index contributed by atoms with van der Waals surface area (Å²) in [7, 11) is 1.98. The number of benzene rings is 2. The zero-order valence-electron chi connectivity index (χ0n) is 13.0. The number of anilines is 1. The molecule has 3 rings (SSSR count). The first-order valence-corrected chi connectivity index (χ1v) is 7.20. The predicted molar refractivity (Wildman–Crippen MR) is 89.3 cm³/mol. The van der Waals surface area contributed by atoms with E-state index < -0.39 is 0 Å². The Labute approximate surface area is 125 Å². The van der Waals surface area contributed by atoms with Crippen molar-refractivity contribution in [3.63, 3.8) is 0 Å². The highest BCUT2D eigenvalue weighted by atomic mass is 15.1. The van der Waals surface area contributed by atoms with E-state index >= 15 is 0 Å². The van der Waals surface area contributed by atoms with Gasteiger partial charge in [0.05, 0.1) is 0 Å². The molecule has 3 heteroatoms. The van der Waals surface area contributed by atoms with Gasteiger partial charge in [0.1, 0.15) is 17.3 Å². The molecule has 0 unspecified atom stereocenters. The van der Waals surface area contributed by atoms with Crippen LogP contribution >= 0.6 is 0 Å². The van der Waals surface area contributed by atoms with Crippen molar-refractivity contribution in [3.05, 3.63) is 48.3 Å². The number of aromatic nitrogens is 2. The summed E-state index contributed by atoms with van der Waals surface area (Å²) in [6.07, 6.45) is 0. The van der Waals surface area contributed by atoms with Crippen LogP contribution in [0.1, 0.15) is 26.6 Å². The van der Waals surface area contributed by atoms with Gasteiger partial charge in [-0.05, 0) is 10.8 Å². The molecular weight excluding hydrogens is 258 g/mol. The average Bonchev–Trinajstić information content (AvgIpc) is 2.75. The van der Waals surface area contributed by atoms with Gasteiger partial charge in [0.25, 0.3) is 0 Å². The topological polar surface area (TPSA) is 43.8 Å². The van der Waals surface area contributed by atoms with Crippen LogP contribution in [0.4, 0.5) is 5.82 Å². The maximum absolute atomic E-state index is 6.32. The third-order valence-electron chi connectivity index (χ3n) is 3.85. The molecule has 0 aliphatic carbocycles. The van der Waals surface area contributed by atoms with Gasteiger partial charge >= 0.3 is 0 Å². The van der Waals surface area contributed by atoms with Crippen LogP contribution in [0.25, 0.3) is 22.0 Å². The second kappa shape index (κ2) is 4.62. The summed E-state index contributed by atoms with van der Waals surface area (Å²) >= 11 is 0. The van der Waals surface area contributed by atoms with Crippen molar-refractivity contribution < 1.29 is 0 Å².